The first kappa shape index (κ1) is 13.1. The maximum Gasteiger partial charge on any atom is 0.125 e. The first-order valence-corrected chi connectivity index (χ1v) is 7.13. The van der Waals surface area contributed by atoms with Gasteiger partial charge in [-0.3, -0.25) is 4.90 Å². The highest BCUT2D eigenvalue weighted by molar-refractivity contribution is 5.57. The van der Waals surface area contributed by atoms with Crippen molar-refractivity contribution in [3.05, 3.63) is 71.8 Å². The number of benzene rings is 2. The average molecular weight is 265 g/mol. The Kier molecular flexibility index (Phi) is 3.93. The van der Waals surface area contributed by atoms with Crippen LogP contribution in [0.1, 0.15) is 17.0 Å². The summed E-state index contributed by atoms with van der Waals surface area (Å²) in [6.07, 6.45) is 1.13. The van der Waals surface area contributed by atoms with Crippen molar-refractivity contribution in [2.45, 2.75) is 12.5 Å². The summed E-state index contributed by atoms with van der Waals surface area (Å²) in [4.78, 5) is 13.7. The van der Waals surface area contributed by atoms with E-state index >= 15 is 0 Å². The Hall–Kier alpha value is -1.93. The lowest BCUT2D eigenvalue weighted by molar-refractivity contribution is -0.111. The van der Waals surface area contributed by atoms with E-state index in [1.807, 2.05) is 12.1 Å². The highest BCUT2D eigenvalue weighted by Gasteiger charge is 2.33. The molecule has 0 amide bonds. The van der Waals surface area contributed by atoms with Gasteiger partial charge in [0.25, 0.3) is 0 Å². The third-order valence-electron chi connectivity index (χ3n) is 4.09. The van der Waals surface area contributed by atoms with Crippen LogP contribution < -0.4 is 0 Å². The zero-order valence-electron chi connectivity index (χ0n) is 11.5. The van der Waals surface area contributed by atoms with E-state index in [2.05, 4.69) is 53.4 Å². The second-order valence-corrected chi connectivity index (χ2v) is 5.50. The van der Waals surface area contributed by atoms with Crippen molar-refractivity contribution < 1.29 is 4.79 Å². The van der Waals surface area contributed by atoms with Gasteiger partial charge >= 0.3 is 0 Å². The minimum Gasteiger partial charge on any atom is -0.303 e. The number of carbonyl (C=O) groups excluding carboxylic acids is 1. The third kappa shape index (κ3) is 2.81. The minimum absolute atomic E-state index is 0.112. The summed E-state index contributed by atoms with van der Waals surface area (Å²) in [5.74, 6) is 0.443. The van der Waals surface area contributed by atoms with Gasteiger partial charge in [0.2, 0.25) is 0 Å². The van der Waals surface area contributed by atoms with Crippen molar-refractivity contribution >= 4 is 6.29 Å². The van der Waals surface area contributed by atoms with Crippen molar-refractivity contribution in [3.8, 4) is 0 Å². The molecule has 2 aromatic rings. The maximum absolute atomic E-state index is 11.4. The first-order chi connectivity index (χ1) is 9.86. The van der Waals surface area contributed by atoms with Crippen molar-refractivity contribution in [3.63, 3.8) is 0 Å². The predicted molar refractivity (Wildman–Crippen MR) is 80.5 cm³/mol. The molecular formula is C18H19NO. The zero-order valence-corrected chi connectivity index (χ0v) is 11.5. The van der Waals surface area contributed by atoms with E-state index in [4.69, 9.17) is 0 Å². The van der Waals surface area contributed by atoms with Gasteiger partial charge in [0.05, 0.1) is 0 Å². The monoisotopic (exact) mass is 265 g/mol. The van der Waals surface area contributed by atoms with Crippen molar-refractivity contribution in [1.29, 1.82) is 0 Å². The van der Waals surface area contributed by atoms with Crippen LogP contribution in [0, 0.1) is 5.92 Å². The second kappa shape index (κ2) is 6.02. The molecule has 0 unspecified atom stereocenters. The van der Waals surface area contributed by atoms with Crippen LogP contribution >= 0.6 is 0 Å². The number of likely N-dealkylation sites (tertiary alicyclic amines) is 1. The van der Waals surface area contributed by atoms with E-state index in [0.717, 1.165) is 25.9 Å². The Bertz CT molecular complexity index is 552. The number of hydrogen-bond acceptors (Lipinski definition) is 2. The summed E-state index contributed by atoms with van der Waals surface area (Å²) in [5, 5.41) is 0. The lowest BCUT2D eigenvalue weighted by atomic mass is 9.90. The molecule has 2 aromatic carbocycles. The number of rotatable bonds is 4. The topological polar surface area (TPSA) is 20.3 Å². The van der Waals surface area contributed by atoms with E-state index in [1.165, 1.54) is 11.1 Å². The Balaban J connectivity index is 1.73. The maximum atomic E-state index is 11.4. The van der Waals surface area contributed by atoms with Crippen LogP contribution in [0.4, 0.5) is 0 Å². The summed E-state index contributed by atoms with van der Waals surface area (Å²) >= 11 is 0. The zero-order chi connectivity index (χ0) is 13.8. The molecule has 1 saturated heterocycles. The molecule has 2 atom stereocenters. The molecule has 1 heterocycles. The van der Waals surface area contributed by atoms with E-state index in [0.29, 0.717) is 5.92 Å². The lowest BCUT2D eigenvalue weighted by Crippen LogP contribution is -2.20. The van der Waals surface area contributed by atoms with E-state index in [-0.39, 0.29) is 5.92 Å². The number of hydrogen-bond donors (Lipinski definition) is 0. The first-order valence-electron chi connectivity index (χ1n) is 7.13. The van der Waals surface area contributed by atoms with Crippen LogP contribution in [-0.4, -0.2) is 24.3 Å². The molecule has 0 saturated carbocycles. The molecule has 0 aliphatic carbocycles. The van der Waals surface area contributed by atoms with Gasteiger partial charge in [-0.05, 0) is 11.1 Å². The molecule has 0 aromatic heterocycles. The molecule has 0 spiro atoms. The molecule has 0 radical (unpaired) electrons. The molecule has 0 N–H and O–H groups in total. The molecule has 3 rings (SSSR count). The van der Waals surface area contributed by atoms with Crippen LogP contribution in [0.15, 0.2) is 60.7 Å². The number of aldehydes is 1. The third-order valence-corrected chi connectivity index (χ3v) is 4.09. The summed E-state index contributed by atoms with van der Waals surface area (Å²) in [6, 6.07) is 20.9. The smallest absolute Gasteiger partial charge is 0.125 e. The van der Waals surface area contributed by atoms with Gasteiger partial charge < -0.3 is 4.79 Å². The molecule has 20 heavy (non-hydrogen) atoms. The quantitative estimate of drug-likeness (QED) is 0.792. The fraction of sp³-hybridized carbons (Fsp3) is 0.278. The fourth-order valence-corrected chi connectivity index (χ4v) is 3.07. The molecule has 1 fully saturated rings. The number of carbonyl (C=O) groups is 1. The van der Waals surface area contributed by atoms with Gasteiger partial charge in [0.15, 0.2) is 0 Å². The van der Waals surface area contributed by atoms with E-state index in [1.54, 1.807) is 0 Å². The normalized spacial score (nSPS) is 22.8. The number of nitrogens with zero attached hydrogens (tertiary/aromatic N) is 1. The second-order valence-electron chi connectivity index (χ2n) is 5.50. The van der Waals surface area contributed by atoms with Gasteiger partial charge in [-0.1, -0.05) is 60.7 Å². The van der Waals surface area contributed by atoms with Gasteiger partial charge in [-0.25, -0.2) is 0 Å². The molecular weight excluding hydrogens is 246 g/mol. The fourth-order valence-electron chi connectivity index (χ4n) is 3.07. The largest absolute Gasteiger partial charge is 0.303 e. The standard InChI is InChI=1S/C18H19NO/c20-14-17-12-19(11-15-7-3-1-4-8-15)13-18(17)16-9-5-2-6-10-16/h1-10,14,17-18H,11-13H2/t17-,18-/m0/s1. The van der Waals surface area contributed by atoms with Crippen molar-refractivity contribution in [2.75, 3.05) is 13.1 Å². The highest BCUT2D eigenvalue weighted by atomic mass is 16.1. The van der Waals surface area contributed by atoms with Crippen molar-refractivity contribution in [2.24, 2.45) is 5.92 Å². The summed E-state index contributed by atoms with van der Waals surface area (Å²) in [5.41, 5.74) is 2.59. The summed E-state index contributed by atoms with van der Waals surface area (Å²) in [7, 11) is 0. The Labute approximate surface area is 120 Å². The van der Waals surface area contributed by atoms with E-state index < -0.39 is 0 Å². The molecule has 2 nitrogen and oxygen atoms in total. The van der Waals surface area contributed by atoms with Crippen LogP contribution in [0.3, 0.4) is 0 Å². The lowest BCUT2D eigenvalue weighted by Gasteiger charge is -2.16. The molecule has 1 aliphatic rings. The minimum atomic E-state index is 0.112. The van der Waals surface area contributed by atoms with Crippen molar-refractivity contribution in [1.82, 2.24) is 4.90 Å². The van der Waals surface area contributed by atoms with E-state index in [9.17, 15) is 4.79 Å². The van der Waals surface area contributed by atoms with Crippen LogP contribution in [0.5, 0.6) is 0 Å². The molecule has 102 valence electrons. The van der Waals surface area contributed by atoms with Gasteiger partial charge in [-0.15, -0.1) is 0 Å². The van der Waals surface area contributed by atoms with Crippen LogP contribution in [0.25, 0.3) is 0 Å². The van der Waals surface area contributed by atoms with Gasteiger partial charge in [-0.2, -0.15) is 0 Å². The highest BCUT2D eigenvalue weighted by Crippen LogP contribution is 2.32. The Morgan fingerprint density at radius 1 is 0.950 bits per heavy atom. The Morgan fingerprint density at radius 3 is 2.25 bits per heavy atom. The molecule has 2 heteroatoms. The van der Waals surface area contributed by atoms with Crippen LogP contribution in [0.2, 0.25) is 0 Å². The SMILES string of the molecule is O=C[C@@H]1CN(Cc2ccccc2)C[C@H]1c1ccccc1. The summed E-state index contributed by atoms with van der Waals surface area (Å²) in [6.45, 7) is 2.74. The Morgan fingerprint density at radius 2 is 1.60 bits per heavy atom. The van der Waals surface area contributed by atoms with Gasteiger partial charge in [0, 0.05) is 31.5 Å². The molecule has 1 aliphatic heterocycles. The van der Waals surface area contributed by atoms with Crippen LogP contribution in [-0.2, 0) is 11.3 Å². The predicted octanol–water partition coefficient (Wildman–Crippen LogP) is 3.10. The van der Waals surface area contributed by atoms with Gasteiger partial charge in [0.1, 0.15) is 6.29 Å². The average Bonchev–Trinajstić information content (AvgIpc) is 2.92. The summed E-state index contributed by atoms with van der Waals surface area (Å²) < 4.78 is 0. The molecule has 0 bridgehead atoms.